The fourth-order valence-corrected chi connectivity index (χ4v) is 4.65. The van der Waals surface area contributed by atoms with Crippen LogP contribution in [-0.4, -0.2) is 66.0 Å². The van der Waals surface area contributed by atoms with Gasteiger partial charge in [0.25, 0.3) is 5.91 Å². The van der Waals surface area contributed by atoms with Gasteiger partial charge in [-0.15, -0.1) is 0 Å². The molecule has 0 N–H and O–H groups in total. The SMILES string of the molecule is CCOc1ccccc1C(=O)N1CCCSCC1CN1CCCC1. The average Bonchev–Trinajstić information content (AvgIpc) is 3.00. The van der Waals surface area contributed by atoms with Gasteiger partial charge in [-0.1, -0.05) is 12.1 Å². The number of hydrogen-bond donors (Lipinski definition) is 0. The van der Waals surface area contributed by atoms with E-state index in [0.29, 0.717) is 24.0 Å². The van der Waals surface area contributed by atoms with E-state index in [4.69, 9.17) is 4.74 Å². The molecule has 24 heavy (non-hydrogen) atoms. The lowest BCUT2D eigenvalue weighted by Crippen LogP contribution is -2.47. The lowest BCUT2D eigenvalue weighted by atomic mass is 10.1. The van der Waals surface area contributed by atoms with Gasteiger partial charge in [-0.3, -0.25) is 4.79 Å². The third kappa shape index (κ3) is 4.25. The first kappa shape index (κ1) is 17.6. The van der Waals surface area contributed by atoms with E-state index in [1.807, 2.05) is 43.0 Å². The Morgan fingerprint density at radius 2 is 2.00 bits per heavy atom. The van der Waals surface area contributed by atoms with Crippen LogP contribution in [0.4, 0.5) is 0 Å². The summed E-state index contributed by atoms with van der Waals surface area (Å²) in [6.45, 7) is 6.76. The molecule has 2 saturated heterocycles. The van der Waals surface area contributed by atoms with Crippen molar-refractivity contribution in [1.29, 1.82) is 0 Å². The fraction of sp³-hybridized carbons (Fsp3) is 0.632. The first-order valence-electron chi connectivity index (χ1n) is 9.12. The Morgan fingerprint density at radius 1 is 1.21 bits per heavy atom. The molecule has 0 bridgehead atoms. The molecule has 4 nitrogen and oxygen atoms in total. The lowest BCUT2D eigenvalue weighted by molar-refractivity contribution is 0.0662. The molecule has 2 fully saturated rings. The number of nitrogens with zero attached hydrogens (tertiary/aromatic N) is 2. The maximum absolute atomic E-state index is 13.3. The molecule has 5 heteroatoms. The number of hydrogen-bond acceptors (Lipinski definition) is 4. The molecular weight excluding hydrogens is 320 g/mol. The molecule has 1 unspecified atom stereocenters. The fourth-order valence-electron chi connectivity index (χ4n) is 3.59. The molecule has 1 atom stereocenters. The summed E-state index contributed by atoms with van der Waals surface area (Å²) in [6, 6.07) is 7.97. The van der Waals surface area contributed by atoms with Crippen LogP contribution in [0.15, 0.2) is 24.3 Å². The molecule has 0 aliphatic carbocycles. The summed E-state index contributed by atoms with van der Waals surface area (Å²) in [7, 11) is 0. The zero-order chi connectivity index (χ0) is 16.8. The maximum Gasteiger partial charge on any atom is 0.257 e. The van der Waals surface area contributed by atoms with Crippen LogP contribution in [-0.2, 0) is 0 Å². The molecule has 3 rings (SSSR count). The standard InChI is InChI=1S/C19H28N2O2S/c1-2-23-18-9-4-3-8-17(18)19(22)21-12-7-13-24-15-16(21)14-20-10-5-6-11-20/h3-4,8-9,16H,2,5-7,10-15H2,1H3. The van der Waals surface area contributed by atoms with Gasteiger partial charge < -0.3 is 14.5 Å². The molecule has 2 aliphatic heterocycles. The predicted octanol–water partition coefficient (Wildman–Crippen LogP) is 3.13. The minimum Gasteiger partial charge on any atom is -0.493 e. The van der Waals surface area contributed by atoms with Gasteiger partial charge in [0.1, 0.15) is 5.75 Å². The minimum absolute atomic E-state index is 0.130. The lowest BCUT2D eigenvalue weighted by Gasteiger charge is -2.33. The molecule has 0 spiro atoms. The molecule has 2 aliphatic rings. The number of amides is 1. The zero-order valence-corrected chi connectivity index (χ0v) is 15.4. The van der Waals surface area contributed by atoms with Gasteiger partial charge in [0.2, 0.25) is 0 Å². The van der Waals surface area contributed by atoms with E-state index in [0.717, 1.165) is 31.0 Å². The van der Waals surface area contributed by atoms with Gasteiger partial charge in [0.05, 0.1) is 18.2 Å². The van der Waals surface area contributed by atoms with Gasteiger partial charge in [0, 0.05) is 18.8 Å². The van der Waals surface area contributed by atoms with Gasteiger partial charge >= 0.3 is 0 Å². The molecule has 132 valence electrons. The van der Waals surface area contributed by atoms with Crippen molar-refractivity contribution in [2.24, 2.45) is 0 Å². The third-order valence-electron chi connectivity index (χ3n) is 4.78. The number of rotatable bonds is 5. The number of thioether (sulfide) groups is 1. The van der Waals surface area contributed by atoms with Crippen LogP contribution in [0.5, 0.6) is 5.75 Å². The van der Waals surface area contributed by atoms with Crippen LogP contribution in [0, 0.1) is 0 Å². The van der Waals surface area contributed by atoms with Gasteiger partial charge in [0.15, 0.2) is 0 Å². The van der Waals surface area contributed by atoms with Crippen LogP contribution in [0.2, 0.25) is 0 Å². The van der Waals surface area contributed by atoms with Crippen molar-refractivity contribution in [1.82, 2.24) is 9.80 Å². The van der Waals surface area contributed by atoms with E-state index in [1.165, 1.54) is 25.9 Å². The van der Waals surface area contributed by atoms with Crippen LogP contribution in [0.3, 0.4) is 0 Å². The minimum atomic E-state index is 0.130. The summed E-state index contributed by atoms with van der Waals surface area (Å²) >= 11 is 1.99. The molecule has 1 amide bonds. The number of para-hydroxylation sites is 1. The Hall–Kier alpha value is -1.20. The van der Waals surface area contributed by atoms with Gasteiger partial charge in [-0.05, 0) is 57.2 Å². The van der Waals surface area contributed by atoms with E-state index in [9.17, 15) is 4.79 Å². The Labute approximate surface area is 149 Å². The highest BCUT2D eigenvalue weighted by Gasteiger charge is 2.30. The number of ether oxygens (including phenoxy) is 1. The predicted molar refractivity (Wildman–Crippen MR) is 100 cm³/mol. The first-order valence-corrected chi connectivity index (χ1v) is 10.3. The van der Waals surface area contributed by atoms with Crippen LogP contribution in [0.25, 0.3) is 0 Å². The smallest absolute Gasteiger partial charge is 0.257 e. The van der Waals surface area contributed by atoms with Crippen molar-refractivity contribution in [3.8, 4) is 5.75 Å². The van der Waals surface area contributed by atoms with Crippen LogP contribution < -0.4 is 4.74 Å². The summed E-state index contributed by atoms with van der Waals surface area (Å²) in [4.78, 5) is 17.9. The molecule has 2 heterocycles. The van der Waals surface area contributed by atoms with Crippen LogP contribution in [0.1, 0.15) is 36.5 Å². The Bertz CT molecular complexity index is 546. The van der Waals surface area contributed by atoms with Crippen molar-refractivity contribution >= 4 is 17.7 Å². The summed E-state index contributed by atoms with van der Waals surface area (Å²) in [5, 5.41) is 0. The zero-order valence-electron chi connectivity index (χ0n) is 14.6. The van der Waals surface area contributed by atoms with Crippen LogP contribution >= 0.6 is 11.8 Å². The second-order valence-electron chi connectivity index (χ2n) is 6.52. The average molecular weight is 349 g/mol. The third-order valence-corrected chi connectivity index (χ3v) is 5.98. The second-order valence-corrected chi connectivity index (χ2v) is 7.67. The number of benzene rings is 1. The van der Waals surface area contributed by atoms with Crippen molar-refractivity contribution in [2.45, 2.75) is 32.2 Å². The second kappa shape index (κ2) is 8.77. The molecule has 0 aromatic heterocycles. The van der Waals surface area contributed by atoms with Gasteiger partial charge in [-0.2, -0.15) is 11.8 Å². The molecule has 1 aromatic carbocycles. The Kier molecular flexibility index (Phi) is 6.44. The number of carbonyl (C=O) groups is 1. The Morgan fingerprint density at radius 3 is 2.79 bits per heavy atom. The highest BCUT2D eigenvalue weighted by Crippen LogP contribution is 2.25. The quantitative estimate of drug-likeness (QED) is 0.818. The van der Waals surface area contributed by atoms with E-state index >= 15 is 0 Å². The highest BCUT2D eigenvalue weighted by atomic mass is 32.2. The van der Waals surface area contributed by atoms with Crippen molar-refractivity contribution in [3.63, 3.8) is 0 Å². The number of carbonyl (C=O) groups excluding carboxylic acids is 1. The van der Waals surface area contributed by atoms with E-state index in [-0.39, 0.29) is 5.91 Å². The highest BCUT2D eigenvalue weighted by molar-refractivity contribution is 7.99. The normalized spacial score (nSPS) is 22.4. The summed E-state index contributed by atoms with van der Waals surface area (Å²) in [6.07, 6.45) is 3.66. The summed E-state index contributed by atoms with van der Waals surface area (Å²) < 4.78 is 5.69. The maximum atomic E-state index is 13.3. The molecule has 0 saturated carbocycles. The topological polar surface area (TPSA) is 32.8 Å². The van der Waals surface area contributed by atoms with E-state index < -0.39 is 0 Å². The summed E-state index contributed by atoms with van der Waals surface area (Å²) in [5.74, 6) is 3.03. The van der Waals surface area contributed by atoms with Crippen molar-refractivity contribution in [2.75, 3.05) is 44.3 Å². The summed E-state index contributed by atoms with van der Waals surface area (Å²) in [5.41, 5.74) is 0.706. The monoisotopic (exact) mass is 348 g/mol. The van der Waals surface area contributed by atoms with Crippen molar-refractivity contribution < 1.29 is 9.53 Å². The first-order chi connectivity index (χ1) is 11.8. The molecular formula is C19H28N2O2S. The molecule has 0 radical (unpaired) electrons. The largest absolute Gasteiger partial charge is 0.493 e. The number of likely N-dealkylation sites (tertiary alicyclic amines) is 1. The van der Waals surface area contributed by atoms with Gasteiger partial charge in [-0.25, -0.2) is 0 Å². The van der Waals surface area contributed by atoms with Crippen molar-refractivity contribution in [3.05, 3.63) is 29.8 Å². The molecule has 1 aromatic rings. The van der Waals surface area contributed by atoms with E-state index in [2.05, 4.69) is 9.80 Å². The Balaban J connectivity index is 1.78. The van der Waals surface area contributed by atoms with E-state index in [1.54, 1.807) is 0 Å².